The van der Waals surface area contributed by atoms with E-state index in [4.69, 9.17) is 14.9 Å². The van der Waals surface area contributed by atoms with Crippen molar-refractivity contribution in [3.63, 3.8) is 0 Å². The number of hydrogen-bond acceptors (Lipinski definition) is 3. The van der Waals surface area contributed by atoms with E-state index >= 15 is 0 Å². The molecule has 2 rings (SSSR count). The molecule has 0 aromatic heterocycles. The van der Waals surface area contributed by atoms with Crippen molar-refractivity contribution in [1.82, 2.24) is 0 Å². The summed E-state index contributed by atoms with van der Waals surface area (Å²) in [6.07, 6.45) is -4.68. The molecule has 0 aliphatic rings. The van der Waals surface area contributed by atoms with Gasteiger partial charge >= 0.3 is 12.1 Å². The van der Waals surface area contributed by atoms with Gasteiger partial charge in [0.05, 0.1) is 11.1 Å². The van der Waals surface area contributed by atoms with Crippen molar-refractivity contribution in [2.45, 2.75) is 12.8 Å². The Balaban J connectivity index is 2.26. The lowest BCUT2D eigenvalue weighted by molar-refractivity contribution is -0.138. The number of benzene rings is 2. The number of rotatable bonds is 4. The second-order valence-electron chi connectivity index (χ2n) is 4.46. The van der Waals surface area contributed by atoms with Gasteiger partial charge in [-0.1, -0.05) is 6.07 Å². The van der Waals surface area contributed by atoms with E-state index in [1.165, 1.54) is 24.3 Å². The van der Waals surface area contributed by atoms with Crippen LogP contribution in [-0.2, 0) is 12.8 Å². The van der Waals surface area contributed by atoms with E-state index in [9.17, 15) is 18.0 Å². The molecule has 0 atom stereocenters. The first-order valence-electron chi connectivity index (χ1n) is 6.12. The molecule has 7 heteroatoms. The van der Waals surface area contributed by atoms with Crippen molar-refractivity contribution in [2.75, 3.05) is 0 Å². The molecule has 116 valence electrons. The van der Waals surface area contributed by atoms with Gasteiger partial charge < -0.3 is 14.9 Å². The highest BCUT2D eigenvalue weighted by Gasteiger charge is 2.34. The maximum absolute atomic E-state index is 13.0. The molecule has 0 aliphatic carbocycles. The molecule has 0 heterocycles. The van der Waals surface area contributed by atoms with Crippen LogP contribution in [0.5, 0.6) is 11.5 Å². The standard InChI is InChI=1S/C15H11F3O4/c16-15(17,18)13-7-9(14(20)21)1-2-10(13)8-22-12-5-3-11(19)4-6-12/h1-7,19H,8H2,(H,20,21). The summed E-state index contributed by atoms with van der Waals surface area (Å²) in [6, 6.07) is 8.25. The van der Waals surface area contributed by atoms with E-state index < -0.39 is 23.3 Å². The van der Waals surface area contributed by atoms with Crippen molar-refractivity contribution in [3.05, 3.63) is 59.2 Å². The number of carbonyl (C=O) groups is 1. The Kier molecular flexibility index (Phi) is 4.25. The van der Waals surface area contributed by atoms with E-state index in [2.05, 4.69) is 0 Å². The van der Waals surface area contributed by atoms with Crippen LogP contribution in [-0.4, -0.2) is 16.2 Å². The van der Waals surface area contributed by atoms with Crippen LogP contribution in [0.1, 0.15) is 21.5 Å². The number of phenolic OH excluding ortho intramolecular Hbond substituents is 1. The Morgan fingerprint density at radius 3 is 2.27 bits per heavy atom. The summed E-state index contributed by atoms with van der Waals surface area (Å²) < 4.78 is 44.2. The number of phenols is 1. The lowest BCUT2D eigenvalue weighted by Gasteiger charge is -2.14. The predicted octanol–water partition coefficient (Wildman–Crippen LogP) is 3.69. The van der Waals surface area contributed by atoms with Gasteiger partial charge in [0.25, 0.3) is 0 Å². The molecule has 0 saturated heterocycles. The van der Waals surface area contributed by atoms with Gasteiger partial charge in [-0.25, -0.2) is 4.79 Å². The number of carboxylic acid groups (broad SMARTS) is 1. The van der Waals surface area contributed by atoms with Crippen LogP contribution in [0.4, 0.5) is 13.2 Å². The van der Waals surface area contributed by atoms with Gasteiger partial charge in [0.1, 0.15) is 18.1 Å². The quantitative estimate of drug-likeness (QED) is 0.903. The van der Waals surface area contributed by atoms with Gasteiger partial charge in [-0.3, -0.25) is 0 Å². The van der Waals surface area contributed by atoms with Crippen molar-refractivity contribution >= 4 is 5.97 Å². The normalized spacial score (nSPS) is 11.2. The summed E-state index contributed by atoms with van der Waals surface area (Å²) >= 11 is 0. The fourth-order valence-corrected chi connectivity index (χ4v) is 1.80. The van der Waals surface area contributed by atoms with Crippen LogP contribution in [0.15, 0.2) is 42.5 Å². The van der Waals surface area contributed by atoms with E-state index in [-0.39, 0.29) is 23.7 Å². The molecule has 0 saturated carbocycles. The first-order chi connectivity index (χ1) is 10.3. The summed E-state index contributed by atoms with van der Waals surface area (Å²) in [7, 11) is 0. The summed E-state index contributed by atoms with van der Waals surface area (Å²) in [5.74, 6) is -1.14. The minimum atomic E-state index is -4.68. The van der Waals surface area contributed by atoms with Crippen molar-refractivity contribution in [2.24, 2.45) is 0 Å². The number of aromatic carboxylic acids is 1. The van der Waals surface area contributed by atoms with Crippen molar-refractivity contribution in [3.8, 4) is 11.5 Å². The molecule has 0 bridgehead atoms. The number of hydrogen-bond donors (Lipinski definition) is 2. The number of aromatic hydroxyl groups is 1. The molecule has 0 radical (unpaired) electrons. The third kappa shape index (κ3) is 3.69. The zero-order valence-corrected chi connectivity index (χ0v) is 11.1. The minimum absolute atomic E-state index is 0.00846. The van der Waals surface area contributed by atoms with Gasteiger partial charge in [0, 0.05) is 5.56 Å². The molecule has 2 aromatic carbocycles. The zero-order valence-electron chi connectivity index (χ0n) is 11.1. The summed E-state index contributed by atoms with van der Waals surface area (Å²) in [5.41, 5.74) is -1.67. The molecule has 4 nitrogen and oxygen atoms in total. The Morgan fingerprint density at radius 1 is 1.09 bits per heavy atom. The number of ether oxygens (including phenoxy) is 1. The van der Waals surface area contributed by atoms with Gasteiger partial charge in [-0.05, 0) is 36.4 Å². The molecular formula is C15H11F3O4. The average molecular weight is 312 g/mol. The molecule has 0 fully saturated rings. The molecule has 0 unspecified atom stereocenters. The summed E-state index contributed by atoms with van der Waals surface area (Å²) in [5, 5.41) is 17.9. The predicted molar refractivity (Wildman–Crippen MR) is 70.8 cm³/mol. The molecule has 0 spiro atoms. The number of halogens is 3. The Morgan fingerprint density at radius 2 is 1.73 bits per heavy atom. The van der Waals surface area contributed by atoms with Crippen molar-refractivity contribution in [1.29, 1.82) is 0 Å². The van der Waals surface area contributed by atoms with Gasteiger partial charge in [0.15, 0.2) is 0 Å². The highest BCUT2D eigenvalue weighted by atomic mass is 19.4. The second kappa shape index (κ2) is 5.97. The lowest BCUT2D eigenvalue weighted by atomic mass is 10.0. The maximum atomic E-state index is 13.0. The van der Waals surface area contributed by atoms with E-state index in [1.54, 1.807) is 0 Å². The van der Waals surface area contributed by atoms with Gasteiger partial charge in [0.2, 0.25) is 0 Å². The third-order valence-electron chi connectivity index (χ3n) is 2.89. The van der Waals surface area contributed by atoms with Crippen LogP contribution < -0.4 is 4.74 Å². The maximum Gasteiger partial charge on any atom is 0.416 e. The Hall–Kier alpha value is -2.70. The van der Waals surface area contributed by atoms with Crippen LogP contribution in [0.25, 0.3) is 0 Å². The fourth-order valence-electron chi connectivity index (χ4n) is 1.80. The lowest BCUT2D eigenvalue weighted by Crippen LogP contribution is -2.13. The van der Waals surface area contributed by atoms with Crippen LogP contribution in [0, 0.1) is 0 Å². The van der Waals surface area contributed by atoms with Crippen LogP contribution in [0.3, 0.4) is 0 Å². The second-order valence-corrected chi connectivity index (χ2v) is 4.46. The zero-order chi connectivity index (χ0) is 16.3. The third-order valence-corrected chi connectivity index (χ3v) is 2.89. The number of carboxylic acids is 1. The van der Waals surface area contributed by atoms with E-state index in [0.717, 1.165) is 12.1 Å². The topological polar surface area (TPSA) is 66.8 Å². The Bertz CT molecular complexity index is 678. The Labute approximate surface area is 123 Å². The van der Waals surface area contributed by atoms with Crippen LogP contribution in [0.2, 0.25) is 0 Å². The molecule has 2 aromatic rings. The van der Waals surface area contributed by atoms with Crippen LogP contribution >= 0.6 is 0 Å². The highest BCUT2D eigenvalue weighted by Crippen LogP contribution is 2.33. The van der Waals surface area contributed by atoms with Gasteiger partial charge in [-0.2, -0.15) is 13.2 Å². The number of alkyl halides is 3. The summed E-state index contributed by atoms with van der Waals surface area (Å²) in [6.45, 7) is -0.375. The first kappa shape index (κ1) is 15.7. The average Bonchev–Trinajstić information content (AvgIpc) is 2.45. The van der Waals surface area contributed by atoms with E-state index in [0.29, 0.717) is 6.07 Å². The summed E-state index contributed by atoms with van der Waals surface area (Å²) in [4.78, 5) is 10.8. The monoisotopic (exact) mass is 312 g/mol. The molecule has 0 amide bonds. The smallest absolute Gasteiger partial charge is 0.416 e. The van der Waals surface area contributed by atoms with Gasteiger partial charge in [-0.15, -0.1) is 0 Å². The highest BCUT2D eigenvalue weighted by molar-refractivity contribution is 5.88. The first-order valence-corrected chi connectivity index (χ1v) is 6.12. The minimum Gasteiger partial charge on any atom is -0.508 e. The fraction of sp³-hybridized carbons (Fsp3) is 0.133. The van der Waals surface area contributed by atoms with Crippen molar-refractivity contribution < 1.29 is 32.9 Å². The molecule has 2 N–H and O–H groups in total. The molecule has 22 heavy (non-hydrogen) atoms. The van der Waals surface area contributed by atoms with E-state index in [1.807, 2.05) is 0 Å². The SMILES string of the molecule is O=C(O)c1ccc(COc2ccc(O)cc2)c(C(F)(F)F)c1. The molecule has 0 aliphatic heterocycles. The molecular weight excluding hydrogens is 301 g/mol. The largest absolute Gasteiger partial charge is 0.508 e.